The molecule has 3 aliphatic rings. The maximum atomic E-state index is 13.6. The monoisotopic (exact) mass is 481 g/mol. The third kappa shape index (κ3) is 3.11. The van der Waals surface area contributed by atoms with E-state index in [1.54, 1.807) is 12.1 Å². The first-order valence-electron chi connectivity index (χ1n) is 12.1. The van der Waals surface area contributed by atoms with E-state index in [1.165, 1.54) is 12.6 Å². The number of rotatable bonds is 0. The van der Waals surface area contributed by atoms with Crippen molar-refractivity contribution in [3.8, 4) is 22.6 Å². The molecule has 3 nitrogen and oxygen atoms in total. The molecule has 1 spiro atoms. The van der Waals surface area contributed by atoms with Gasteiger partial charge in [0, 0.05) is 17.8 Å². The molecule has 1 N–H and O–H groups in total. The second-order valence-electron chi connectivity index (χ2n) is 12.3. The zero-order valence-corrected chi connectivity index (χ0v) is 20.7. The van der Waals surface area contributed by atoms with Gasteiger partial charge < -0.3 is 14.7 Å². The van der Waals surface area contributed by atoms with E-state index in [0.29, 0.717) is 11.1 Å². The van der Waals surface area contributed by atoms with Crippen LogP contribution in [0, 0.1) is 10.8 Å². The highest BCUT2D eigenvalue weighted by atomic mass is 19.4. The van der Waals surface area contributed by atoms with Gasteiger partial charge in [-0.05, 0) is 75.9 Å². The molecule has 0 bridgehead atoms. The first-order valence-corrected chi connectivity index (χ1v) is 12.1. The topological polar surface area (TPSA) is 32.7 Å². The van der Waals surface area contributed by atoms with Crippen LogP contribution in [0.3, 0.4) is 0 Å². The fraction of sp³-hybridized carbons (Fsp3) is 0.448. The average molecular weight is 482 g/mol. The molecule has 1 saturated carbocycles. The van der Waals surface area contributed by atoms with E-state index in [0.717, 1.165) is 46.2 Å². The lowest BCUT2D eigenvalue weighted by Gasteiger charge is -2.51. The fourth-order valence-corrected chi connectivity index (χ4v) is 7.83. The summed E-state index contributed by atoms with van der Waals surface area (Å²) >= 11 is 0. The molecule has 3 aromatic carbocycles. The minimum Gasteiger partial charge on any atom is -0.507 e. The molecule has 6 heteroatoms. The number of hydrogen-bond donors (Lipinski definition) is 1. The number of alkyl halides is 3. The Labute approximate surface area is 203 Å². The smallest absolute Gasteiger partial charge is 0.445 e. The maximum Gasteiger partial charge on any atom is 0.445 e. The number of anilines is 1. The third-order valence-electron chi connectivity index (χ3n) is 8.19. The Kier molecular flexibility index (Phi) is 4.29. The largest absolute Gasteiger partial charge is 0.507 e. The van der Waals surface area contributed by atoms with E-state index in [4.69, 9.17) is 4.74 Å². The zero-order chi connectivity index (χ0) is 25.1. The number of benzene rings is 3. The van der Waals surface area contributed by atoms with Crippen molar-refractivity contribution in [1.29, 1.82) is 0 Å². The van der Waals surface area contributed by atoms with Gasteiger partial charge in [0.1, 0.15) is 11.5 Å². The highest BCUT2D eigenvalue weighted by molar-refractivity contribution is 6.07. The SMILES string of the molecule is CN1c2cc3c4c(cc(O)c3cc2OC1C(F)(F)F)C1(CC(C)(C)CC(C)(C)C1)c1ccccc1-4. The Morgan fingerprint density at radius 2 is 1.57 bits per heavy atom. The molecule has 1 aliphatic heterocycles. The number of halogens is 3. The summed E-state index contributed by atoms with van der Waals surface area (Å²) < 4.78 is 46.1. The summed E-state index contributed by atoms with van der Waals surface area (Å²) in [5.74, 6) is 0.218. The van der Waals surface area contributed by atoms with E-state index in [2.05, 4.69) is 45.9 Å². The lowest BCUT2D eigenvalue weighted by atomic mass is 9.52. The number of nitrogens with zero attached hydrogens (tertiary/aromatic N) is 1. The van der Waals surface area contributed by atoms with E-state index in [-0.39, 0.29) is 27.7 Å². The second-order valence-corrected chi connectivity index (χ2v) is 12.3. The van der Waals surface area contributed by atoms with Crippen LogP contribution in [-0.2, 0) is 5.41 Å². The minimum absolute atomic E-state index is 0.0802. The summed E-state index contributed by atoms with van der Waals surface area (Å²) in [6.07, 6.45) is -3.57. The van der Waals surface area contributed by atoms with Crippen molar-refractivity contribution in [3.05, 3.63) is 53.6 Å². The Morgan fingerprint density at radius 1 is 0.914 bits per heavy atom. The Hall–Kier alpha value is -2.89. The van der Waals surface area contributed by atoms with E-state index in [1.807, 2.05) is 12.1 Å². The van der Waals surface area contributed by atoms with Gasteiger partial charge in [0.05, 0.1) is 5.69 Å². The molecule has 0 saturated heterocycles. The van der Waals surface area contributed by atoms with Gasteiger partial charge in [-0.25, -0.2) is 0 Å². The van der Waals surface area contributed by atoms with Crippen LogP contribution in [0.15, 0.2) is 42.5 Å². The van der Waals surface area contributed by atoms with Crippen LogP contribution in [0.5, 0.6) is 11.5 Å². The van der Waals surface area contributed by atoms with Crippen LogP contribution < -0.4 is 9.64 Å². The van der Waals surface area contributed by atoms with Gasteiger partial charge >= 0.3 is 6.18 Å². The van der Waals surface area contributed by atoms with Gasteiger partial charge in [0.25, 0.3) is 6.23 Å². The summed E-state index contributed by atoms with van der Waals surface area (Å²) in [5.41, 5.74) is 4.76. The van der Waals surface area contributed by atoms with Gasteiger partial charge in [-0.15, -0.1) is 0 Å². The van der Waals surface area contributed by atoms with Crippen molar-refractivity contribution in [2.75, 3.05) is 11.9 Å². The molecule has 0 amide bonds. The molecule has 1 unspecified atom stereocenters. The molecule has 3 aromatic rings. The predicted octanol–water partition coefficient (Wildman–Crippen LogP) is 7.77. The lowest BCUT2D eigenvalue weighted by molar-refractivity contribution is -0.189. The average Bonchev–Trinajstić information content (AvgIpc) is 3.18. The summed E-state index contributed by atoms with van der Waals surface area (Å²) in [4.78, 5) is 1.13. The van der Waals surface area contributed by atoms with Crippen molar-refractivity contribution in [2.45, 2.75) is 64.8 Å². The van der Waals surface area contributed by atoms with Gasteiger partial charge in [-0.2, -0.15) is 13.2 Å². The van der Waals surface area contributed by atoms with Crippen molar-refractivity contribution < 1.29 is 23.0 Å². The predicted molar refractivity (Wildman–Crippen MR) is 132 cm³/mol. The highest BCUT2D eigenvalue weighted by Gasteiger charge is 2.54. The number of ether oxygens (including phenoxy) is 1. The molecule has 0 radical (unpaired) electrons. The molecule has 1 fully saturated rings. The summed E-state index contributed by atoms with van der Waals surface area (Å²) in [6.45, 7) is 9.25. The van der Waals surface area contributed by atoms with Crippen molar-refractivity contribution in [1.82, 2.24) is 0 Å². The van der Waals surface area contributed by atoms with Gasteiger partial charge in [-0.1, -0.05) is 52.0 Å². The number of hydrogen-bond acceptors (Lipinski definition) is 3. The first-order chi connectivity index (χ1) is 16.2. The van der Waals surface area contributed by atoms with Gasteiger partial charge in [-0.3, -0.25) is 0 Å². The van der Waals surface area contributed by atoms with Crippen LogP contribution in [0.2, 0.25) is 0 Å². The van der Waals surface area contributed by atoms with Crippen molar-refractivity contribution >= 4 is 16.5 Å². The molecular weight excluding hydrogens is 451 g/mol. The van der Waals surface area contributed by atoms with Crippen molar-refractivity contribution in [2.24, 2.45) is 10.8 Å². The molecule has 6 rings (SSSR count). The van der Waals surface area contributed by atoms with Crippen molar-refractivity contribution in [3.63, 3.8) is 0 Å². The normalized spacial score (nSPS) is 23.2. The Morgan fingerprint density at radius 3 is 2.23 bits per heavy atom. The standard InChI is InChI=1S/C29H30F3NO2/c1-26(2)13-27(3,4)15-28(14-26)19-9-7-6-8-16(19)24-18-10-21-23(11-17(18)22(34)12-20(24)28)35-25(33(21)5)29(30,31)32/h6-12,25,34H,13-15H2,1-5H3. The minimum atomic E-state index is -4.53. The Bertz CT molecular complexity index is 1370. The van der Waals surface area contributed by atoms with Crippen LogP contribution in [0.1, 0.15) is 58.1 Å². The Balaban J connectivity index is 1.65. The van der Waals surface area contributed by atoms with Crippen LogP contribution in [-0.4, -0.2) is 24.6 Å². The van der Waals surface area contributed by atoms with Crippen LogP contribution in [0.25, 0.3) is 21.9 Å². The van der Waals surface area contributed by atoms with Gasteiger partial charge in [0.15, 0.2) is 0 Å². The molecule has 1 heterocycles. The zero-order valence-electron chi connectivity index (χ0n) is 20.7. The first kappa shape index (κ1) is 22.6. The lowest BCUT2D eigenvalue weighted by Crippen LogP contribution is -2.44. The fourth-order valence-electron chi connectivity index (χ4n) is 7.83. The molecule has 2 aliphatic carbocycles. The number of aromatic hydroxyl groups is 1. The highest BCUT2D eigenvalue weighted by Crippen LogP contribution is 2.65. The van der Waals surface area contributed by atoms with E-state index >= 15 is 0 Å². The van der Waals surface area contributed by atoms with Crippen LogP contribution >= 0.6 is 0 Å². The third-order valence-corrected chi connectivity index (χ3v) is 8.19. The van der Waals surface area contributed by atoms with E-state index < -0.39 is 12.4 Å². The summed E-state index contributed by atoms with van der Waals surface area (Å²) in [7, 11) is 1.40. The summed E-state index contributed by atoms with van der Waals surface area (Å²) in [5, 5.41) is 12.5. The molecule has 0 aromatic heterocycles. The van der Waals surface area contributed by atoms with E-state index in [9.17, 15) is 18.3 Å². The van der Waals surface area contributed by atoms with Crippen LogP contribution in [0.4, 0.5) is 18.9 Å². The number of fused-ring (bicyclic) bond motifs is 8. The number of phenols is 1. The number of phenolic OH excluding ortho intramolecular Hbond substituents is 1. The molecule has 1 atom stereocenters. The maximum absolute atomic E-state index is 13.6. The molecular formula is C29H30F3NO2. The quantitative estimate of drug-likeness (QED) is 0.356. The summed E-state index contributed by atoms with van der Waals surface area (Å²) in [6, 6.07) is 13.6. The second kappa shape index (κ2) is 6.65. The molecule has 35 heavy (non-hydrogen) atoms. The molecule has 184 valence electrons. The van der Waals surface area contributed by atoms with Gasteiger partial charge in [0.2, 0.25) is 0 Å².